The van der Waals surface area contributed by atoms with Crippen LogP contribution < -0.4 is 0 Å². The summed E-state index contributed by atoms with van der Waals surface area (Å²) in [7, 11) is 0. The van der Waals surface area contributed by atoms with Crippen molar-refractivity contribution in [1.82, 2.24) is 9.78 Å². The zero-order chi connectivity index (χ0) is 15.0. The van der Waals surface area contributed by atoms with Crippen LogP contribution in [0.4, 0.5) is 0 Å². The van der Waals surface area contributed by atoms with E-state index in [4.69, 9.17) is 16.7 Å². The number of benzene rings is 1. The van der Waals surface area contributed by atoms with E-state index in [0.717, 1.165) is 41.9 Å². The van der Waals surface area contributed by atoms with Crippen LogP contribution in [0.3, 0.4) is 0 Å². The third-order valence-corrected chi connectivity index (χ3v) is 4.18. The average Bonchev–Trinajstić information content (AvgIpc) is 2.78. The van der Waals surface area contributed by atoms with Gasteiger partial charge in [-0.05, 0) is 37.0 Å². The Bertz CT molecular complexity index is 690. The first-order chi connectivity index (χ1) is 10.1. The molecule has 0 bridgehead atoms. The lowest BCUT2D eigenvalue weighted by Crippen LogP contribution is -2.20. The van der Waals surface area contributed by atoms with Gasteiger partial charge >= 0.3 is 0 Å². The number of hydrogen-bond acceptors (Lipinski definition) is 2. The SMILES string of the molecule is CCCc1nn(-c2cccc(Cl)c2)c2c1C(=O)CC(C)C2. The maximum Gasteiger partial charge on any atom is 0.166 e. The number of aromatic nitrogens is 2. The number of hydrogen-bond donors (Lipinski definition) is 0. The van der Waals surface area contributed by atoms with Crippen LogP contribution in [0.2, 0.25) is 5.02 Å². The molecule has 4 heteroatoms. The van der Waals surface area contributed by atoms with E-state index >= 15 is 0 Å². The summed E-state index contributed by atoms with van der Waals surface area (Å²) in [6.45, 7) is 4.23. The second-order valence-corrected chi connectivity index (χ2v) is 6.28. The quantitative estimate of drug-likeness (QED) is 0.850. The number of ketones is 1. The third kappa shape index (κ3) is 2.62. The van der Waals surface area contributed by atoms with Crippen LogP contribution in [0.15, 0.2) is 24.3 Å². The van der Waals surface area contributed by atoms with E-state index < -0.39 is 0 Å². The van der Waals surface area contributed by atoms with Gasteiger partial charge in [-0.2, -0.15) is 5.10 Å². The average molecular weight is 303 g/mol. The summed E-state index contributed by atoms with van der Waals surface area (Å²) in [6, 6.07) is 7.65. The van der Waals surface area contributed by atoms with Crippen molar-refractivity contribution in [3.05, 3.63) is 46.2 Å². The molecule has 2 aromatic rings. The van der Waals surface area contributed by atoms with Gasteiger partial charge in [0, 0.05) is 11.4 Å². The van der Waals surface area contributed by atoms with E-state index in [1.54, 1.807) is 0 Å². The van der Waals surface area contributed by atoms with Gasteiger partial charge in [0.2, 0.25) is 0 Å². The number of nitrogens with zero attached hydrogens (tertiary/aromatic N) is 2. The van der Waals surface area contributed by atoms with Crippen molar-refractivity contribution in [2.24, 2.45) is 5.92 Å². The van der Waals surface area contributed by atoms with Gasteiger partial charge in [-0.25, -0.2) is 4.68 Å². The summed E-state index contributed by atoms with van der Waals surface area (Å²) in [6.07, 6.45) is 3.35. The molecule has 1 aromatic heterocycles. The second-order valence-electron chi connectivity index (χ2n) is 5.85. The molecule has 1 atom stereocenters. The van der Waals surface area contributed by atoms with E-state index in [1.807, 2.05) is 28.9 Å². The van der Waals surface area contributed by atoms with Gasteiger partial charge in [0.05, 0.1) is 22.6 Å². The maximum atomic E-state index is 12.4. The van der Waals surface area contributed by atoms with E-state index in [0.29, 0.717) is 17.4 Å². The summed E-state index contributed by atoms with van der Waals surface area (Å²) >= 11 is 6.10. The lowest BCUT2D eigenvalue weighted by atomic mass is 9.86. The fourth-order valence-corrected chi connectivity index (χ4v) is 3.25. The minimum atomic E-state index is 0.237. The van der Waals surface area contributed by atoms with E-state index in [1.165, 1.54) is 0 Å². The minimum Gasteiger partial charge on any atom is -0.294 e. The molecule has 1 aliphatic carbocycles. The highest BCUT2D eigenvalue weighted by Gasteiger charge is 2.30. The fraction of sp³-hybridized carbons (Fsp3) is 0.412. The summed E-state index contributed by atoms with van der Waals surface area (Å²) in [5, 5.41) is 5.40. The summed E-state index contributed by atoms with van der Waals surface area (Å²) in [5.41, 5.74) is 3.77. The van der Waals surface area contributed by atoms with Crippen LogP contribution in [0.5, 0.6) is 0 Å². The number of aryl methyl sites for hydroxylation is 1. The van der Waals surface area contributed by atoms with E-state index in [-0.39, 0.29) is 5.78 Å². The molecule has 110 valence electrons. The molecule has 0 saturated heterocycles. The van der Waals surface area contributed by atoms with Gasteiger partial charge in [0.1, 0.15) is 0 Å². The van der Waals surface area contributed by atoms with Crippen molar-refractivity contribution in [1.29, 1.82) is 0 Å². The number of halogens is 1. The van der Waals surface area contributed by atoms with Gasteiger partial charge in [-0.3, -0.25) is 4.79 Å². The molecule has 1 aromatic carbocycles. The lowest BCUT2D eigenvalue weighted by molar-refractivity contribution is 0.0952. The molecule has 1 heterocycles. The molecular formula is C17H19ClN2O. The maximum absolute atomic E-state index is 12.4. The zero-order valence-electron chi connectivity index (χ0n) is 12.4. The van der Waals surface area contributed by atoms with Crippen molar-refractivity contribution < 1.29 is 4.79 Å². The smallest absolute Gasteiger partial charge is 0.166 e. The Hall–Kier alpha value is -1.61. The molecule has 0 aliphatic heterocycles. The van der Waals surface area contributed by atoms with E-state index in [9.17, 15) is 4.79 Å². The predicted octanol–water partition coefficient (Wildman–Crippen LogP) is 4.24. The zero-order valence-corrected chi connectivity index (χ0v) is 13.2. The number of Topliss-reactive ketones (excluding diaryl/α,β-unsaturated/α-hetero) is 1. The van der Waals surface area contributed by atoms with Crippen LogP contribution >= 0.6 is 11.6 Å². The highest BCUT2D eigenvalue weighted by atomic mass is 35.5. The molecule has 21 heavy (non-hydrogen) atoms. The van der Waals surface area contributed by atoms with Crippen LogP contribution in [0, 0.1) is 5.92 Å². The molecule has 3 rings (SSSR count). The van der Waals surface area contributed by atoms with Crippen molar-refractivity contribution in [3.8, 4) is 5.69 Å². The number of rotatable bonds is 3. The standard InChI is InChI=1S/C17H19ClN2O/c1-3-5-14-17-15(8-11(2)9-16(17)21)20(19-14)13-7-4-6-12(18)10-13/h4,6-7,10-11H,3,5,8-9H2,1-2H3. The Balaban J connectivity index is 2.17. The van der Waals surface area contributed by atoms with Gasteiger partial charge in [0.25, 0.3) is 0 Å². The molecule has 0 saturated carbocycles. The first-order valence-electron chi connectivity index (χ1n) is 7.50. The van der Waals surface area contributed by atoms with Crippen molar-refractivity contribution in [2.45, 2.75) is 39.5 Å². The first kappa shape index (κ1) is 14.3. The minimum absolute atomic E-state index is 0.237. The van der Waals surface area contributed by atoms with Crippen molar-refractivity contribution in [3.63, 3.8) is 0 Å². The van der Waals surface area contributed by atoms with Gasteiger partial charge in [-0.15, -0.1) is 0 Å². The lowest BCUT2D eigenvalue weighted by Gasteiger charge is -2.19. The van der Waals surface area contributed by atoms with Crippen LogP contribution in [0.25, 0.3) is 5.69 Å². The van der Waals surface area contributed by atoms with Crippen molar-refractivity contribution >= 4 is 17.4 Å². The molecule has 0 N–H and O–H groups in total. The second kappa shape index (κ2) is 5.64. The molecule has 1 unspecified atom stereocenters. The molecular weight excluding hydrogens is 284 g/mol. The number of fused-ring (bicyclic) bond motifs is 1. The van der Waals surface area contributed by atoms with Crippen LogP contribution in [-0.2, 0) is 12.8 Å². The summed E-state index contributed by atoms with van der Waals surface area (Å²) in [5.74, 6) is 0.606. The Morgan fingerprint density at radius 2 is 2.19 bits per heavy atom. The molecule has 0 spiro atoms. The Kier molecular flexibility index (Phi) is 3.85. The Morgan fingerprint density at radius 3 is 2.90 bits per heavy atom. The van der Waals surface area contributed by atoms with Gasteiger partial charge in [0.15, 0.2) is 5.78 Å². The summed E-state index contributed by atoms with van der Waals surface area (Å²) in [4.78, 5) is 12.4. The topological polar surface area (TPSA) is 34.9 Å². The largest absolute Gasteiger partial charge is 0.294 e. The van der Waals surface area contributed by atoms with Crippen LogP contribution in [-0.4, -0.2) is 15.6 Å². The summed E-state index contributed by atoms with van der Waals surface area (Å²) < 4.78 is 1.92. The molecule has 0 fully saturated rings. The van der Waals surface area contributed by atoms with Gasteiger partial charge in [-0.1, -0.05) is 37.9 Å². The molecule has 0 radical (unpaired) electrons. The Morgan fingerprint density at radius 1 is 1.38 bits per heavy atom. The monoisotopic (exact) mass is 302 g/mol. The highest BCUT2D eigenvalue weighted by molar-refractivity contribution is 6.30. The van der Waals surface area contributed by atoms with Crippen molar-refractivity contribution in [2.75, 3.05) is 0 Å². The first-order valence-corrected chi connectivity index (χ1v) is 7.87. The van der Waals surface area contributed by atoms with Gasteiger partial charge < -0.3 is 0 Å². The molecule has 0 amide bonds. The number of carbonyl (C=O) groups excluding carboxylic acids is 1. The highest BCUT2D eigenvalue weighted by Crippen LogP contribution is 2.30. The molecule has 3 nitrogen and oxygen atoms in total. The van der Waals surface area contributed by atoms with E-state index in [2.05, 4.69) is 13.8 Å². The van der Waals surface area contributed by atoms with Crippen LogP contribution in [0.1, 0.15) is 48.4 Å². The predicted molar refractivity (Wildman–Crippen MR) is 84.4 cm³/mol. The normalized spacial score (nSPS) is 17.9. The number of carbonyl (C=O) groups is 1. The fourth-order valence-electron chi connectivity index (χ4n) is 3.07. The third-order valence-electron chi connectivity index (χ3n) is 3.95. The Labute approximate surface area is 129 Å². The molecule has 1 aliphatic rings.